The lowest BCUT2D eigenvalue weighted by Gasteiger charge is -2.23. The highest BCUT2D eigenvalue weighted by Crippen LogP contribution is 2.66. The highest BCUT2D eigenvalue weighted by atomic mass is 31.3. The minimum Gasteiger partial charge on any atom is -0.390 e. The molecule has 4 rings (SSSR count). The fourth-order valence-corrected chi connectivity index (χ4v) is 7.22. The normalized spacial score (nSPS) is 26.7. The number of ether oxygens (including phenoxy) is 1. The first-order valence-corrected chi connectivity index (χ1v) is 15.6. The maximum absolute atomic E-state index is 12.0. The summed E-state index contributed by atoms with van der Waals surface area (Å²) in [5.74, 6) is 0.464. The van der Waals surface area contributed by atoms with Crippen LogP contribution in [0.4, 0.5) is 11.8 Å². The van der Waals surface area contributed by atoms with Crippen LogP contribution in [0.1, 0.15) is 44.8 Å². The number of phosphoric ester groups is 1. The van der Waals surface area contributed by atoms with Gasteiger partial charge in [-0.05, 0) is 12.8 Å². The molecule has 208 valence electrons. The number of hydrogen-bond donors (Lipinski definition) is 7. The smallest absolute Gasteiger partial charge is 0.390 e. The number of aromatic nitrogens is 4. The van der Waals surface area contributed by atoms with E-state index in [1.54, 1.807) is 0 Å². The Morgan fingerprint density at radius 2 is 1.78 bits per heavy atom. The van der Waals surface area contributed by atoms with Crippen LogP contribution in [-0.2, 0) is 31.6 Å². The van der Waals surface area contributed by atoms with Crippen LogP contribution in [0.15, 0.2) is 6.33 Å². The van der Waals surface area contributed by atoms with E-state index in [0.717, 1.165) is 25.7 Å². The van der Waals surface area contributed by atoms with Crippen molar-refractivity contribution in [2.24, 2.45) is 0 Å². The van der Waals surface area contributed by atoms with E-state index in [1.165, 1.54) is 17.3 Å². The first-order valence-electron chi connectivity index (χ1n) is 11.1. The molecule has 2 unspecified atom stereocenters. The molecule has 0 amide bonds. The second-order valence-corrected chi connectivity index (χ2v) is 13.0. The summed E-state index contributed by atoms with van der Waals surface area (Å²) in [7, 11) is -16.5. The molecule has 5 atom stereocenters. The Labute approximate surface area is 209 Å². The zero-order chi connectivity index (χ0) is 27.0. The van der Waals surface area contributed by atoms with Gasteiger partial charge >= 0.3 is 23.5 Å². The molecule has 0 spiro atoms. The summed E-state index contributed by atoms with van der Waals surface area (Å²) < 4.78 is 53.2. The predicted molar refractivity (Wildman–Crippen MR) is 125 cm³/mol. The van der Waals surface area contributed by atoms with E-state index in [4.69, 9.17) is 20.3 Å². The van der Waals surface area contributed by atoms with E-state index in [1.807, 2.05) is 0 Å². The third-order valence-electron chi connectivity index (χ3n) is 5.72. The summed E-state index contributed by atoms with van der Waals surface area (Å²) in [6.07, 6.45) is 3.52. The van der Waals surface area contributed by atoms with Gasteiger partial charge in [0.05, 0.1) is 19.0 Å². The van der Waals surface area contributed by atoms with Crippen LogP contribution in [0.2, 0.25) is 0 Å². The van der Waals surface area contributed by atoms with Gasteiger partial charge in [0.2, 0.25) is 5.95 Å². The summed E-state index contributed by atoms with van der Waals surface area (Å²) in [4.78, 5) is 48.9. The first-order chi connectivity index (χ1) is 17.2. The van der Waals surface area contributed by atoms with Crippen molar-refractivity contribution in [1.82, 2.24) is 19.5 Å². The second-order valence-electron chi connectivity index (χ2n) is 8.55. The number of nitrogens with two attached hydrogens (primary N) is 1. The van der Waals surface area contributed by atoms with E-state index < -0.39 is 48.5 Å². The molecule has 2 aromatic rings. The van der Waals surface area contributed by atoms with Crippen molar-refractivity contribution < 1.29 is 56.3 Å². The number of fused-ring (bicyclic) bond motifs is 1. The van der Waals surface area contributed by atoms with Gasteiger partial charge < -0.3 is 40.5 Å². The fourth-order valence-electron chi connectivity index (χ4n) is 4.19. The van der Waals surface area contributed by atoms with Crippen molar-refractivity contribution in [2.75, 3.05) is 17.7 Å². The zero-order valence-corrected chi connectivity index (χ0v) is 21.8. The van der Waals surface area contributed by atoms with Crippen molar-refractivity contribution in [3.05, 3.63) is 6.33 Å². The van der Waals surface area contributed by atoms with Crippen molar-refractivity contribution in [3.63, 3.8) is 0 Å². The number of phosphoric acid groups is 3. The SMILES string of the molecule is Nc1nc(NC2CCCCC2)c2ncn([C@H]3C[C@H](O)[C@@H](COP(=O)(O)OP(=O)(O)OP(=O)(O)O)O3)c2n1. The van der Waals surface area contributed by atoms with Gasteiger partial charge in [0.25, 0.3) is 0 Å². The quantitative estimate of drug-likeness (QED) is 0.192. The molecule has 37 heavy (non-hydrogen) atoms. The lowest BCUT2D eigenvalue weighted by atomic mass is 9.95. The number of aliphatic hydroxyl groups excluding tert-OH is 1. The highest BCUT2D eigenvalue weighted by molar-refractivity contribution is 7.66. The van der Waals surface area contributed by atoms with E-state index in [0.29, 0.717) is 17.0 Å². The van der Waals surface area contributed by atoms with Gasteiger partial charge in [-0.2, -0.15) is 18.6 Å². The number of rotatable bonds is 10. The number of nitrogens with zero attached hydrogens (tertiary/aromatic N) is 4. The van der Waals surface area contributed by atoms with Crippen LogP contribution in [0.3, 0.4) is 0 Å². The van der Waals surface area contributed by atoms with Crippen LogP contribution in [0.5, 0.6) is 0 Å². The molecule has 1 aliphatic heterocycles. The standard InChI is InChI=1S/C16H27N6O12P3/c17-16-20-14(19-9-4-2-1-3-5-9)13-15(21-16)22(8-18-13)12-6-10(23)11(32-12)7-31-36(27,28)34-37(29,30)33-35(24,25)26/h8-12,23H,1-7H2,(H,27,28)(H,29,30)(H2,24,25,26)(H3,17,19,20,21)/t10-,11+,12+/m0/s1. The second kappa shape index (κ2) is 10.9. The van der Waals surface area contributed by atoms with Crippen molar-refractivity contribution in [2.45, 2.75) is 63.0 Å². The Morgan fingerprint density at radius 1 is 1.08 bits per heavy atom. The Morgan fingerprint density at radius 3 is 2.46 bits per heavy atom. The molecule has 0 aromatic carbocycles. The van der Waals surface area contributed by atoms with Gasteiger partial charge in [-0.1, -0.05) is 19.3 Å². The van der Waals surface area contributed by atoms with Crippen LogP contribution in [-0.4, -0.2) is 69.1 Å². The van der Waals surface area contributed by atoms with Gasteiger partial charge in [-0.25, -0.2) is 18.7 Å². The van der Waals surface area contributed by atoms with Gasteiger partial charge in [0, 0.05) is 12.5 Å². The average molecular weight is 588 g/mol. The molecule has 0 bridgehead atoms. The molecule has 21 heteroatoms. The maximum Gasteiger partial charge on any atom is 0.490 e. The van der Waals surface area contributed by atoms with E-state index >= 15 is 0 Å². The van der Waals surface area contributed by atoms with Crippen LogP contribution >= 0.6 is 23.5 Å². The molecular formula is C16H27N6O12P3. The molecule has 18 nitrogen and oxygen atoms in total. The monoisotopic (exact) mass is 588 g/mol. The minimum absolute atomic E-state index is 0.00434. The molecular weight excluding hydrogens is 561 g/mol. The zero-order valence-electron chi connectivity index (χ0n) is 19.1. The molecule has 2 aliphatic rings. The van der Waals surface area contributed by atoms with Crippen molar-refractivity contribution >= 4 is 46.4 Å². The highest BCUT2D eigenvalue weighted by Gasteiger charge is 2.43. The lowest BCUT2D eigenvalue weighted by Crippen LogP contribution is -2.26. The number of imidazole rings is 1. The maximum atomic E-state index is 12.0. The Bertz CT molecular complexity index is 1270. The Balaban J connectivity index is 1.43. The predicted octanol–water partition coefficient (Wildman–Crippen LogP) is 1.14. The first kappa shape index (κ1) is 28.5. The van der Waals surface area contributed by atoms with Crippen LogP contribution in [0.25, 0.3) is 11.2 Å². The molecule has 2 aromatic heterocycles. The van der Waals surface area contributed by atoms with Gasteiger partial charge in [-0.3, -0.25) is 9.09 Å². The van der Waals surface area contributed by atoms with E-state index in [9.17, 15) is 28.6 Å². The third kappa shape index (κ3) is 7.53. The van der Waals surface area contributed by atoms with Crippen LogP contribution in [0, 0.1) is 0 Å². The molecule has 3 heterocycles. The summed E-state index contributed by atoms with van der Waals surface area (Å²) in [6.45, 7) is -0.792. The Kier molecular flexibility index (Phi) is 8.41. The number of hydrogen-bond acceptors (Lipinski definition) is 13. The van der Waals surface area contributed by atoms with E-state index in [-0.39, 0.29) is 18.4 Å². The third-order valence-corrected chi connectivity index (χ3v) is 9.52. The van der Waals surface area contributed by atoms with Gasteiger partial charge in [0.15, 0.2) is 17.0 Å². The number of aliphatic hydroxyl groups is 1. The number of nitrogen functional groups attached to an aromatic ring is 1. The van der Waals surface area contributed by atoms with E-state index in [2.05, 4.69) is 33.4 Å². The summed E-state index contributed by atoms with van der Waals surface area (Å²) in [6, 6.07) is 0.222. The van der Waals surface area contributed by atoms with Gasteiger partial charge in [-0.15, -0.1) is 0 Å². The topological polar surface area (TPSA) is 271 Å². The molecule has 0 radical (unpaired) electrons. The molecule has 8 N–H and O–H groups in total. The number of nitrogens with one attached hydrogen (secondary N) is 1. The molecule has 1 saturated carbocycles. The number of anilines is 2. The van der Waals surface area contributed by atoms with Crippen LogP contribution < -0.4 is 11.1 Å². The van der Waals surface area contributed by atoms with Crippen molar-refractivity contribution in [1.29, 1.82) is 0 Å². The van der Waals surface area contributed by atoms with Crippen molar-refractivity contribution in [3.8, 4) is 0 Å². The van der Waals surface area contributed by atoms with Gasteiger partial charge in [0.1, 0.15) is 12.3 Å². The molecule has 1 aliphatic carbocycles. The fraction of sp³-hybridized carbons (Fsp3) is 0.688. The summed E-state index contributed by atoms with van der Waals surface area (Å²) in [5.41, 5.74) is 6.68. The summed E-state index contributed by atoms with van der Waals surface area (Å²) in [5, 5.41) is 13.7. The Hall–Kier alpha value is -1.52. The lowest BCUT2D eigenvalue weighted by molar-refractivity contribution is -0.0423. The largest absolute Gasteiger partial charge is 0.490 e. The minimum atomic E-state index is -5.66. The molecule has 1 saturated heterocycles. The molecule has 2 fully saturated rings. The average Bonchev–Trinajstić information content (AvgIpc) is 3.33. The summed E-state index contributed by atoms with van der Waals surface area (Å²) >= 11 is 0.